The fraction of sp³-hybridized carbons (Fsp3) is 0.647. The normalized spacial score (nSPS) is 14.6. The van der Waals surface area contributed by atoms with Crippen molar-refractivity contribution in [3.05, 3.63) is 23.3 Å². The zero-order valence-electron chi connectivity index (χ0n) is 13.2. The molecule has 2 nitrogen and oxygen atoms in total. The highest BCUT2D eigenvalue weighted by atomic mass is 15.4. The van der Waals surface area contributed by atoms with E-state index in [1.165, 1.54) is 5.57 Å². The fourth-order valence-electron chi connectivity index (χ4n) is 2.19. The van der Waals surface area contributed by atoms with Gasteiger partial charge >= 0.3 is 0 Å². The molecule has 108 valence electrons. The molecule has 1 unspecified atom stereocenters. The zero-order valence-corrected chi connectivity index (χ0v) is 13.2. The maximum absolute atomic E-state index is 5.23. The highest BCUT2D eigenvalue weighted by Gasteiger charge is 2.11. The molecule has 2 heteroatoms. The quantitative estimate of drug-likeness (QED) is 0.286. The number of rotatable bonds is 9. The Balaban J connectivity index is 4.62. The Morgan fingerprint density at radius 1 is 1.37 bits per heavy atom. The number of terminal acetylenes is 1. The van der Waals surface area contributed by atoms with E-state index in [-0.39, 0.29) is 0 Å². The molecule has 19 heavy (non-hydrogen) atoms. The summed E-state index contributed by atoms with van der Waals surface area (Å²) in [4.78, 5) is 0. The predicted molar refractivity (Wildman–Crippen MR) is 85.6 cm³/mol. The Morgan fingerprint density at radius 3 is 2.53 bits per heavy atom. The Labute approximate surface area is 119 Å². The maximum atomic E-state index is 5.23. The second-order valence-corrected chi connectivity index (χ2v) is 5.24. The van der Waals surface area contributed by atoms with E-state index < -0.39 is 0 Å². The van der Waals surface area contributed by atoms with Gasteiger partial charge in [-0.25, -0.2) is 5.43 Å². The number of allylic oxidation sites excluding steroid dienone is 3. The SMILES string of the molecule is C#CCNNC(CC)C/C(C)=C(\C/C=C\C)C(C)C. The summed E-state index contributed by atoms with van der Waals surface area (Å²) < 4.78 is 0. The fourth-order valence-corrected chi connectivity index (χ4v) is 2.19. The largest absolute Gasteiger partial charge is 0.254 e. The van der Waals surface area contributed by atoms with Gasteiger partial charge in [0, 0.05) is 6.04 Å². The monoisotopic (exact) mass is 262 g/mol. The van der Waals surface area contributed by atoms with Crippen LogP contribution in [0.2, 0.25) is 0 Å². The zero-order chi connectivity index (χ0) is 14.7. The van der Waals surface area contributed by atoms with Gasteiger partial charge in [0.15, 0.2) is 0 Å². The molecule has 0 aromatic carbocycles. The molecule has 0 radical (unpaired) electrons. The summed E-state index contributed by atoms with van der Waals surface area (Å²) in [5.74, 6) is 3.18. The topological polar surface area (TPSA) is 24.1 Å². The molecule has 0 aromatic rings. The number of nitrogens with one attached hydrogen (secondary N) is 2. The molecule has 0 fully saturated rings. The minimum Gasteiger partial charge on any atom is -0.254 e. The van der Waals surface area contributed by atoms with Gasteiger partial charge in [-0.3, -0.25) is 5.43 Å². The average molecular weight is 262 g/mol. The van der Waals surface area contributed by atoms with E-state index in [4.69, 9.17) is 6.42 Å². The first-order valence-electron chi connectivity index (χ1n) is 7.28. The molecule has 0 saturated heterocycles. The summed E-state index contributed by atoms with van der Waals surface area (Å²) in [5.41, 5.74) is 9.43. The molecule has 0 aliphatic carbocycles. The van der Waals surface area contributed by atoms with Crippen molar-refractivity contribution in [1.29, 1.82) is 0 Å². The van der Waals surface area contributed by atoms with E-state index in [2.05, 4.69) is 63.5 Å². The van der Waals surface area contributed by atoms with Crippen molar-refractivity contribution in [2.75, 3.05) is 6.54 Å². The lowest BCUT2D eigenvalue weighted by atomic mass is 9.91. The van der Waals surface area contributed by atoms with Crippen LogP contribution in [0.15, 0.2) is 23.3 Å². The first-order valence-corrected chi connectivity index (χ1v) is 7.28. The Morgan fingerprint density at radius 2 is 2.05 bits per heavy atom. The van der Waals surface area contributed by atoms with Crippen LogP contribution in [0, 0.1) is 18.3 Å². The van der Waals surface area contributed by atoms with Crippen LogP contribution >= 0.6 is 0 Å². The molecule has 2 N–H and O–H groups in total. The van der Waals surface area contributed by atoms with Crippen molar-refractivity contribution in [3.8, 4) is 12.3 Å². The van der Waals surface area contributed by atoms with Crippen LogP contribution in [-0.2, 0) is 0 Å². The lowest BCUT2D eigenvalue weighted by Gasteiger charge is -2.21. The molecule has 0 saturated carbocycles. The first kappa shape index (κ1) is 18.0. The van der Waals surface area contributed by atoms with Gasteiger partial charge < -0.3 is 0 Å². The molecular weight excluding hydrogens is 232 g/mol. The van der Waals surface area contributed by atoms with Gasteiger partial charge in [-0.15, -0.1) is 6.42 Å². The van der Waals surface area contributed by atoms with Crippen molar-refractivity contribution in [2.24, 2.45) is 5.92 Å². The van der Waals surface area contributed by atoms with Gasteiger partial charge in [0.25, 0.3) is 0 Å². The predicted octanol–water partition coefficient (Wildman–Crippen LogP) is 3.82. The van der Waals surface area contributed by atoms with Gasteiger partial charge in [-0.05, 0) is 39.0 Å². The smallest absolute Gasteiger partial charge is 0.0709 e. The van der Waals surface area contributed by atoms with Crippen molar-refractivity contribution in [1.82, 2.24) is 10.9 Å². The molecule has 0 aromatic heterocycles. The number of hydrogen-bond acceptors (Lipinski definition) is 2. The van der Waals surface area contributed by atoms with Gasteiger partial charge in [-0.2, -0.15) is 0 Å². The summed E-state index contributed by atoms with van der Waals surface area (Å²) in [6, 6.07) is 0.438. The lowest BCUT2D eigenvalue weighted by Crippen LogP contribution is -2.40. The highest BCUT2D eigenvalue weighted by molar-refractivity contribution is 5.18. The van der Waals surface area contributed by atoms with E-state index in [9.17, 15) is 0 Å². The van der Waals surface area contributed by atoms with E-state index in [0.717, 1.165) is 19.3 Å². The Hall–Kier alpha value is -1.04. The molecule has 0 amide bonds. The van der Waals surface area contributed by atoms with Crippen molar-refractivity contribution in [3.63, 3.8) is 0 Å². The molecule has 0 bridgehead atoms. The molecular formula is C17H30N2. The van der Waals surface area contributed by atoms with E-state index in [1.807, 2.05) is 0 Å². The third-order valence-corrected chi connectivity index (χ3v) is 3.36. The van der Waals surface area contributed by atoms with Gasteiger partial charge in [0.05, 0.1) is 6.54 Å². The summed E-state index contributed by atoms with van der Waals surface area (Å²) in [7, 11) is 0. The van der Waals surface area contributed by atoms with Crippen LogP contribution < -0.4 is 10.9 Å². The molecule has 0 rings (SSSR count). The summed E-state index contributed by atoms with van der Waals surface area (Å²) in [6.07, 6.45) is 12.8. The van der Waals surface area contributed by atoms with Gasteiger partial charge in [-0.1, -0.05) is 50.0 Å². The van der Waals surface area contributed by atoms with Crippen LogP contribution in [0.3, 0.4) is 0 Å². The summed E-state index contributed by atoms with van der Waals surface area (Å²) in [5, 5.41) is 0. The molecule has 1 atom stereocenters. The molecule has 0 spiro atoms. The van der Waals surface area contributed by atoms with E-state index >= 15 is 0 Å². The van der Waals surface area contributed by atoms with Crippen LogP contribution in [0.1, 0.15) is 53.9 Å². The second-order valence-electron chi connectivity index (χ2n) is 5.24. The van der Waals surface area contributed by atoms with E-state index in [1.54, 1.807) is 5.57 Å². The standard InChI is InChI=1S/C17H30N2/c1-7-10-11-17(14(4)5)15(6)13-16(9-3)19-18-12-8-2/h2,7,10,14,16,18-19H,9,11-13H2,1,3-6H3/b10-7-,17-15+. The van der Waals surface area contributed by atoms with Gasteiger partial charge in [0.1, 0.15) is 0 Å². The van der Waals surface area contributed by atoms with Crippen LogP contribution in [0.5, 0.6) is 0 Å². The molecule has 0 heterocycles. The number of hydrogen-bond donors (Lipinski definition) is 2. The van der Waals surface area contributed by atoms with E-state index in [0.29, 0.717) is 18.5 Å². The Bertz CT molecular complexity index is 332. The molecule has 0 aliphatic rings. The third-order valence-electron chi connectivity index (χ3n) is 3.36. The second kappa shape index (κ2) is 10.8. The summed E-state index contributed by atoms with van der Waals surface area (Å²) >= 11 is 0. The average Bonchev–Trinajstić information content (AvgIpc) is 2.37. The summed E-state index contributed by atoms with van der Waals surface area (Å²) in [6.45, 7) is 11.6. The maximum Gasteiger partial charge on any atom is 0.0709 e. The van der Waals surface area contributed by atoms with Crippen LogP contribution in [0.25, 0.3) is 0 Å². The van der Waals surface area contributed by atoms with Crippen molar-refractivity contribution in [2.45, 2.75) is 59.9 Å². The molecule has 0 aliphatic heterocycles. The minimum absolute atomic E-state index is 0.438. The lowest BCUT2D eigenvalue weighted by molar-refractivity contribution is 0.431. The Kier molecular flexibility index (Phi) is 10.2. The van der Waals surface area contributed by atoms with Gasteiger partial charge in [0.2, 0.25) is 0 Å². The highest BCUT2D eigenvalue weighted by Crippen LogP contribution is 2.22. The van der Waals surface area contributed by atoms with Crippen molar-refractivity contribution < 1.29 is 0 Å². The first-order chi connectivity index (χ1) is 9.06. The number of hydrazine groups is 1. The van der Waals surface area contributed by atoms with Crippen LogP contribution in [-0.4, -0.2) is 12.6 Å². The minimum atomic E-state index is 0.438. The third kappa shape index (κ3) is 7.87. The van der Waals surface area contributed by atoms with Crippen LogP contribution in [0.4, 0.5) is 0 Å². The van der Waals surface area contributed by atoms with Crippen molar-refractivity contribution >= 4 is 0 Å².